The summed E-state index contributed by atoms with van der Waals surface area (Å²) in [5, 5.41) is 7.23. The van der Waals surface area contributed by atoms with Gasteiger partial charge in [0.2, 0.25) is 5.82 Å². The summed E-state index contributed by atoms with van der Waals surface area (Å²) in [5.41, 5.74) is 0.913. The highest BCUT2D eigenvalue weighted by molar-refractivity contribution is 9.10. The van der Waals surface area contributed by atoms with E-state index in [9.17, 15) is 0 Å². The third-order valence-corrected chi connectivity index (χ3v) is 3.45. The highest BCUT2D eigenvalue weighted by Crippen LogP contribution is 2.27. The van der Waals surface area contributed by atoms with Crippen LogP contribution in [0.5, 0.6) is 0 Å². The minimum Gasteiger partial charge on any atom is -0.366 e. The van der Waals surface area contributed by atoms with Crippen molar-refractivity contribution in [1.29, 1.82) is 0 Å². The number of ether oxygens (including phenoxy) is 1. The molecule has 18 heavy (non-hydrogen) atoms. The van der Waals surface area contributed by atoms with Gasteiger partial charge in [0.1, 0.15) is 6.10 Å². The predicted octanol–water partition coefficient (Wildman–Crippen LogP) is 2.16. The predicted molar refractivity (Wildman–Crippen MR) is 69.0 cm³/mol. The Morgan fingerprint density at radius 1 is 1.33 bits per heavy atom. The molecule has 0 aliphatic carbocycles. The molecule has 2 heterocycles. The molecular weight excluding hydrogens is 298 g/mol. The molecule has 0 radical (unpaired) electrons. The molecular formula is C12H12BrN3O2. The van der Waals surface area contributed by atoms with Gasteiger partial charge < -0.3 is 14.6 Å². The molecule has 5 nitrogen and oxygen atoms in total. The fourth-order valence-electron chi connectivity index (χ4n) is 1.84. The molecule has 1 atom stereocenters. The Morgan fingerprint density at radius 3 is 3.00 bits per heavy atom. The smallest absolute Gasteiger partial charge is 0.257 e. The summed E-state index contributed by atoms with van der Waals surface area (Å²) >= 11 is 3.47. The molecule has 0 bridgehead atoms. The molecule has 3 rings (SSSR count). The average molecular weight is 310 g/mol. The summed E-state index contributed by atoms with van der Waals surface area (Å²) in [6.07, 6.45) is -0.150. The number of halogens is 1. The Balaban J connectivity index is 1.87. The van der Waals surface area contributed by atoms with Gasteiger partial charge in [-0.25, -0.2) is 0 Å². The van der Waals surface area contributed by atoms with Crippen LogP contribution in [0.1, 0.15) is 12.0 Å². The van der Waals surface area contributed by atoms with Crippen molar-refractivity contribution in [1.82, 2.24) is 15.5 Å². The van der Waals surface area contributed by atoms with Crippen molar-refractivity contribution in [3.8, 4) is 11.4 Å². The first-order chi connectivity index (χ1) is 8.84. The first-order valence-corrected chi connectivity index (χ1v) is 6.55. The Bertz CT molecular complexity index is 538. The third kappa shape index (κ3) is 2.31. The van der Waals surface area contributed by atoms with Crippen molar-refractivity contribution in [3.05, 3.63) is 34.6 Å². The Kier molecular flexibility index (Phi) is 3.40. The van der Waals surface area contributed by atoms with Gasteiger partial charge in [0, 0.05) is 23.1 Å². The van der Waals surface area contributed by atoms with Gasteiger partial charge >= 0.3 is 0 Å². The van der Waals surface area contributed by atoms with Crippen molar-refractivity contribution in [2.24, 2.45) is 0 Å². The number of nitrogens with one attached hydrogen (secondary N) is 1. The molecule has 2 aromatic rings. The lowest BCUT2D eigenvalue weighted by Crippen LogP contribution is -2.33. The van der Waals surface area contributed by atoms with E-state index in [1.54, 1.807) is 0 Å². The van der Waals surface area contributed by atoms with Gasteiger partial charge in [-0.05, 0) is 12.1 Å². The molecule has 94 valence electrons. The Morgan fingerprint density at radius 2 is 2.22 bits per heavy atom. The lowest BCUT2D eigenvalue weighted by molar-refractivity contribution is 0.00755. The standard InChI is InChI=1S/C12H12BrN3O2/c13-9-4-2-1-3-8(9)11-15-12(18-16-11)10-7-14-5-6-17-10/h1-4,10,14H,5-7H2. The van der Waals surface area contributed by atoms with E-state index in [0.29, 0.717) is 24.9 Å². The molecule has 1 aliphatic heterocycles. The molecule has 0 amide bonds. The zero-order valence-corrected chi connectivity index (χ0v) is 11.2. The summed E-state index contributed by atoms with van der Waals surface area (Å²) in [5.74, 6) is 1.10. The molecule has 1 unspecified atom stereocenters. The normalized spacial score (nSPS) is 19.9. The largest absolute Gasteiger partial charge is 0.366 e. The first-order valence-electron chi connectivity index (χ1n) is 5.75. The lowest BCUT2D eigenvalue weighted by atomic mass is 10.2. The maximum atomic E-state index is 5.57. The van der Waals surface area contributed by atoms with E-state index >= 15 is 0 Å². The van der Waals surface area contributed by atoms with Crippen LogP contribution >= 0.6 is 15.9 Å². The van der Waals surface area contributed by atoms with Gasteiger partial charge in [0.05, 0.1) is 6.61 Å². The summed E-state index contributed by atoms with van der Waals surface area (Å²) in [6.45, 7) is 2.23. The van der Waals surface area contributed by atoms with Crippen LogP contribution in [0.3, 0.4) is 0 Å². The van der Waals surface area contributed by atoms with Gasteiger partial charge in [-0.15, -0.1) is 0 Å². The lowest BCUT2D eigenvalue weighted by Gasteiger charge is -2.19. The summed E-state index contributed by atoms with van der Waals surface area (Å²) < 4.78 is 11.8. The van der Waals surface area contributed by atoms with Crippen LogP contribution in [0, 0.1) is 0 Å². The Hall–Kier alpha value is -1.24. The van der Waals surface area contributed by atoms with Crippen molar-refractivity contribution in [3.63, 3.8) is 0 Å². The maximum absolute atomic E-state index is 5.57. The minimum absolute atomic E-state index is 0.150. The summed E-state index contributed by atoms with van der Waals surface area (Å²) in [6, 6.07) is 7.78. The van der Waals surface area contributed by atoms with Crippen LogP contribution in [0.4, 0.5) is 0 Å². The summed E-state index contributed by atoms with van der Waals surface area (Å²) in [4.78, 5) is 4.39. The molecule has 1 N–H and O–H groups in total. The minimum atomic E-state index is -0.150. The van der Waals surface area contributed by atoms with Crippen LogP contribution < -0.4 is 5.32 Å². The number of benzene rings is 1. The average Bonchev–Trinajstić information content (AvgIpc) is 2.90. The number of nitrogens with zero attached hydrogens (tertiary/aromatic N) is 2. The van der Waals surface area contributed by atoms with Gasteiger partial charge in [0.25, 0.3) is 5.89 Å². The Labute approximate surface area is 113 Å². The SMILES string of the molecule is Brc1ccccc1-c1noc(C2CNCCO2)n1. The maximum Gasteiger partial charge on any atom is 0.257 e. The van der Waals surface area contributed by atoms with Crippen LogP contribution in [0.25, 0.3) is 11.4 Å². The molecule has 1 saturated heterocycles. The van der Waals surface area contributed by atoms with Crippen molar-refractivity contribution in [2.45, 2.75) is 6.10 Å². The zero-order valence-electron chi connectivity index (χ0n) is 9.60. The second kappa shape index (κ2) is 5.17. The van der Waals surface area contributed by atoms with Crippen LogP contribution in [0.2, 0.25) is 0 Å². The van der Waals surface area contributed by atoms with Gasteiger partial charge in [-0.3, -0.25) is 0 Å². The molecule has 1 aromatic heterocycles. The van der Waals surface area contributed by atoms with Gasteiger partial charge in [0.15, 0.2) is 0 Å². The van der Waals surface area contributed by atoms with Crippen molar-refractivity contribution in [2.75, 3.05) is 19.7 Å². The highest BCUT2D eigenvalue weighted by atomic mass is 79.9. The van der Waals surface area contributed by atoms with E-state index in [-0.39, 0.29) is 6.10 Å². The molecule has 0 spiro atoms. The monoisotopic (exact) mass is 309 g/mol. The fraction of sp³-hybridized carbons (Fsp3) is 0.333. The van der Waals surface area contributed by atoms with E-state index in [1.165, 1.54) is 0 Å². The van der Waals surface area contributed by atoms with Crippen LogP contribution in [-0.2, 0) is 4.74 Å². The van der Waals surface area contributed by atoms with Gasteiger partial charge in [-0.2, -0.15) is 4.98 Å². The third-order valence-electron chi connectivity index (χ3n) is 2.76. The number of morpholine rings is 1. The number of rotatable bonds is 2. The van der Waals surface area contributed by atoms with Crippen molar-refractivity contribution >= 4 is 15.9 Å². The second-order valence-corrected chi connectivity index (χ2v) is 4.85. The molecule has 0 saturated carbocycles. The van der Waals surface area contributed by atoms with Crippen molar-refractivity contribution < 1.29 is 9.26 Å². The topological polar surface area (TPSA) is 60.2 Å². The van der Waals surface area contributed by atoms with Gasteiger partial charge in [-0.1, -0.05) is 33.2 Å². The zero-order chi connectivity index (χ0) is 12.4. The summed E-state index contributed by atoms with van der Waals surface area (Å²) in [7, 11) is 0. The molecule has 6 heteroatoms. The quantitative estimate of drug-likeness (QED) is 0.921. The van der Waals surface area contributed by atoms with E-state index in [2.05, 4.69) is 31.4 Å². The van der Waals surface area contributed by atoms with E-state index in [0.717, 1.165) is 16.6 Å². The number of aromatic nitrogens is 2. The van der Waals surface area contributed by atoms with Crippen LogP contribution in [0.15, 0.2) is 33.3 Å². The number of hydrogen-bond donors (Lipinski definition) is 1. The fourth-order valence-corrected chi connectivity index (χ4v) is 2.30. The number of hydrogen-bond acceptors (Lipinski definition) is 5. The van der Waals surface area contributed by atoms with E-state index < -0.39 is 0 Å². The van der Waals surface area contributed by atoms with Crippen LogP contribution in [-0.4, -0.2) is 29.8 Å². The first kappa shape index (κ1) is 11.8. The highest BCUT2D eigenvalue weighted by Gasteiger charge is 2.22. The van der Waals surface area contributed by atoms with E-state index in [1.807, 2.05) is 24.3 Å². The molecule has 1 fully saturated rings. The second-order valence-electron chi connectivity index (χ2n) is 4.00. The molecule has 1 aliphatic rings. The van der Waals surface area contributed by atoms with E-state index in [4.69, 9.17) is 9.26 Å². The molecule has 1 aromatic carbocycles.